The Morgan fingerprint density at radius 2 is 1.12 bits per heavy atom. The van der Waals surface area contributed by atoms with Crippen molar-refractivity contribution in [1.29, 1.82) is 0 Å². The molecule has 0 radical (unpaired) electrons. The summed E-state index contributed by atoms with van der Waals surface area (Å²) < 4.78 is 9.39. The SMILES string of the molecule is COC(=O)C1(C)c2c(ncn2-c2ccc(-c3ccccc3-c3nnnn3C(c3ccccc3)(c3ccccc3)c3ccccc3)cc2)CCN1C(=O)C(c1ccccc1)c1ccccc1. The lowest BCUT2D eigenvalue weighted by Gasteiger charge is -2.44. The summed E-state index contributed by atoms with van der Waals surface area (Å²) in [6.45, 7) is 2.06. The average molecular weight is 852 g/mol. The Bertz CT molecular complexity index is 2950. The number of rotatable bonds is 11. The topological polar surface area (TPSA) is 108 Å². The van der Waals surface area contributed by atoms with E-state index in [-0.39, 0.29) is 5.91 Å². The molecule has 0 saturated heterocycles. The van der Waals surface area contributed by atoms with E-state index in [1.165, 1.54) is 7.11 Å². The lowest BCUT2D eigenvalue weighted by atomic mass is 9.77. The number of carbonyl (C=O) groups excluding carboxylic acids is 2. The number of nitrogens with zero attached hydrogens (tertiary/aromatic N) is 7. The van der Waals surface area contributed by atoms with Crippen LogP contribution < -0.4 is 0 Å². The fourth-order valence-corrected chi connectivity index (χ4v) is 9.73. The minimum atomic E-state index is -1.50. The zero-order valence-corrected chi connectivity index (χ0v) is 36.0. The molecule has 0 N–H and O–H groups in total. The number of amides is 1. The van der Waals surface area contributed by atoms with Crippen molar-refractivity contribution in [2.24, 2.45) is 0 Å². The molecule has 0 spiro atoms. The summed E-state index contributed by atoms with van der Waals surface area (Å²) in [4.78, 5) is 35.8. The van der Waals surface area contributed by atoms with E-state index in [0.717, 1.165) is 55.9 Å². The molecule has 0 aliphatic carbocycles. The molecule has 0 saturated carbocycles. The highest BCUT2D eigenvalue weighted by molar-refractivity contribution is 5.94. The summed E-state index contributed by atoms with van der Waals surface area (Å²) in [5.41, 5.74) is 7.07. The normalized spacial score (nSPS) is 14.8. The van der Waals surface area contributed by atoms with Gasteiger partial charge in [0.05, 0.1) is 30.7 Å². The predicted octanol–water partition coefficient (Wildman–Crippen LogP) is 9.64. The molecule has 318 valence electrons. The van der Waals surface area contributed by atoms with E-state index in [9.17, 15) is 4.79 Å². The smallest absolute Gasteiger partial charge is 0.337 e. The van der Waals surface area contributed by atoms with Crippen LogP contribution >= 0.6 is 0 Å². The van der Waals surface area contributed by atoms with E-state index in [1.54, 1.807) is 18.2 Å². The monoisotopic (exact) mass is 851 g/mol. The third-order valence-corrected chi connectivity index (χ3v) is 12.8. The van der Waals surface area contributed by atoms with Gasteiger partial charge in [-0.25, -0.2) is 14.5 Å². The zero-order valence-electron chi connectivity index (χ0n) is 36.0. The molecule has 1 aliphatic heterocycles. The Morgan fingerprint density at radius 3 is 1.65 bits per heavy atom. The van der Waals surface area contributed by atoms with Gasteiger partial charge in [-0.05, 0) is 68.4 Å². The van der Waals surface area contributed by atoms with Crippen LogP contribution in [-0.2, 0) is 31.8 Å². The van der Waals surface area contributed by atoms with Crippen LogP contribution in [0.15, 0.2) is 207 Å². The van der Waals surface area contributed by atoms with Crippen LogP contribution in [0.2, 0.25) is 0 Å². The molecule has 1 amide bonds. The van der Waals surface area contributed by atoms with Crippen molar-refractivity contribution in [1.82, 2.24) is 34.7 Å². The number of benzene rings is 7. The predicted molar refractivity (Wildman–Crippen MR) is 250 cm³/mol. The minimum Gasteiger partial charge on any atom is -0.467 e. The fourth-order valence-electron chi connectivity index (χ4n) is 9.73. The summed E-state index contributed by atoms with van der Waals surface area (Å²) in [6, 6.07) is 66.7. The molecule has 10 nitrogen and oxygen atoms in total. The highest BCUT2D eigenvalue weighted by atomic mass is 16.5. The van der Waals surface area contributed by atoms with Crippen molar-refractivity contribution >= 4 is 11.9 Å². The lowest BCUT2D eigenvalue weighted by Crippen LogP contribution is -2.58. The van der Waals surface area contributed by atoms with Gasteiger partial charge in [0.1, 0.15) is 5.54 Å². The number of methoxy groups -OCH3 is 1. The van der Waals surface area contributed by atoms with E-state index in [4.69, 9.17) is 20.0 Å². The van der Waals surface area contributed by atoms with Gasteiger partial charge in [-0.3, -0.25) is 9.36 Å². The van der Waals surface area contributed by atoms with Gasteiger partial charge in [0, 0.05) is 24.2 Å². The van der Waals surface area contributed by atoms with Gasteiger partial charge in [0.2, 0.25) is 5.91 Å². The Morgan fingerprint density at radius 1 is 0.631 bits per heavy atom. The van der Waals surface area contributed by atoms with Gasteiger partial charge in [-0.15, -0.1) is 5.10 Å². The quantitative estimate of drug-likeness (QED) is 0.0943. The number of imidazole rings is 1. The van der Waals surface area contributed by atoms with Crippen molar-refractivity contribution in [3.63, 3.8) is 0 Å². The summed E-state index contributed by atoms with van der Waals surface area (Å²) in [7, 11) is 1.36. The molecule has 10 rings (SSSR count). The number of ether oxygens (including phenoxy) is 1. The number of hydrogen-bond acceptors (Lipinski definition) is 7. The van der Waals surface area contributed by atoms with E-state index in [2.05, 4.69) is 65.9 Å². The molecule has 0 fully saturated rings. The van der Waals surface area contributed by atoms with Crippen molar-refractivity contribution in [3.05, 3.63) is 246 Å². The second-order valence-corrected chi connectivity index (χ2v) is 16.3. The van der Waals surface area contributed by atoms with Gasteiger partial charge < -0.3 is 9.64 Å². The highest BCUT2D eigenvalue weighted by Crippen LogP contribution is 2.44. The van der Waals surface area contributed by atoms with Crippen LogP contribution in [-0.4, -0.2) is 60.2 Å². The molecule has 3 heterocycles. The Balaban J connectivity index is 1.06. The molecule has 9 aromatic rings. The summed E-state index contributed by atoms with van der Waals surface area (Å²) in [6.07, 6.45) is 2.20. The lowest BCUT2D eigenvalue weighted by molar-refractivity contribution is -0.163. The van der Waals surface area contributed by atoms with E-state index in [0.29, 0.717) is 24.5 Å². The van der Waals surface area contributed by atoms with Gasteiger partial charge in [0.15, 0.2) is 11.4 Å². The Kier molecular flexibility index (Phi) is 10.8. The van der Waals surface area contributed by atoms with Crippen LogP contribution in [0.5, 0.6) is 0 Å². The van der Waals surface area contributed by atoms with Gasteiger partial charge in [-0.2, -0.15) is 0 Å². The van der Waals surface area contributed by atoms with E-state index >= 15 is 4.79 Å². The molecule has 10 heteroatoms. The molecule has 65 heavy (non-hydrogen) atoms. The van der Waals surface area contributed by atoms with Gasteiger partial charge in [-0.1, -0.05) is 188 Å². The van der Waals surface area contributed by atoms with Crippen molar-refractivity contribution in [2.75, 3.05) is 13.7 Å². The zero-order chi connectivity index (χ0) is 44.4. The average Bonchev–Trinajstić information content (AvgIpc) is 4.05. The first kappa shape index (κ1) is 40.8. The molecule has 1 aliphatic rings. The van der Waals surface area contributed by atoms with Crippen LogP contribution in [0.1, 0.15) is 52.0 Å². The Labute approximate surface area is 377 Å². The first-order valence-electron chi connectivity index (χ1n) is 21.7. The molecule has 2 aromatic heterocycles. The van der Waals surface area contributed by atoms with Crippen molar-refractivity contribution in [2.45, 2.75) is 30.3 Å². The number of esters is 1. The third kappa shape index (κ3) is 6.91. The largest absolute Gasteiger partial charge is 0.467 e. The second-order valence-electron chi connectivity index (χ2n) is 16.3. The minimum absolute atomic E-state index is 0.196. The van der Waals surface area contributed by atoms with Gasteiger partial charge >= 0.3 is 5.97 Å². The maximum atomic E-state index is 15.0. The number of hydrogen-bond donors (Lipinski definition) is 0. The standard InChI is InChI=1S/C55H45N7O3/c1-54(53(64)65-2)50-48(36-37-61(54)52(63)49(40-20-8-3-9-21-40)41-22-10-4-11-23-41)56-38-60(50)45-34-32-39(33-35-45)46-30-18-19-31-47(46)51-57-58-59-62(51)55(42-24-12-5-13-25-42,43-26-14-6-15-27-43)44-28-16-7-17-29-44/h3-35,38,49H,36-37H2,1-2H3. The third-order valence-electron chi connectivity index (χ3n) is 12.8. The molecule has 1 atom stereocenters. The van der Waals surface area contributed by atoms with Crippen LogP contribution in [0.3, 0.4) is 0 Å². The van der Waals surface area contributed by atoms with Crippen molar-refractivity contribution in [3.8, 4) is 28.2 Å². The van der Waals surface area contributed by atoms with Crippen LogP contribution in [0.4, 0.5) is 0 Å². The summed E-state index contributed by atoms with van der Waals surface area (Å²) in [5, 5.41) is 13.9. The highest BCUT2D eigenvalue weighted by Gasteiger charge is 2.52. The number of fused-ring (bicyclic) bond motifs is 1. The second kappa shape index (κ2) is 17.1. The van der Waals surface area contributed by atoms with Crippen LogP contribution in [0, 0.1) is 0 Å². The molecular formula is C55H45N7O3. The molecule has 7 aromatic carbocycles. The Hall–Kier alpha value is -8.24. The molecule has 0 bridgehead atoms. The van der Waals surface area contributed by atoms with Crippen molar-refractivity contribution < 1.29 is 14.3 Å². The first-order chi connectivity index (χ1) is 31.9. The van der Waals surface area contributed by atoms with E-state index < -0.39 is 23.0 Å². The van der Waals surface area contributed by atoms with E-state index in [1.807, 2.05) is 149 Å². The fraction of sp³-hybridized carbons (Fsp3) is 0.127. The molecular weight excluding hydrogens is 807 g/mol. The maximum absolute atomic E-state index is 15.0. The summed E-state index contributed by atoms with van der Waals surface area (Å²) in [5.74, 6) is -0.793. The maximum Gasteiger partial charge on any atom is 0.337 e. The molecule has 1 unspecified atom stereocenters. The first-order valence-corrected chi connectivity index (χ1v) is 21.7. The number of tetrazole rings is 1. The number of carbonyl (C=O) groups is 2. The van der Waals surface area contributed by atoms with Gasteiger partial charge in [0.25, 0.3) is 0 Å². The summed E-state index contributed by atoms with van der Waals surface area (Å²) >= 11 is 0. The number of aromatic nitrogens is 6. The van der Waals surface area contributed by atoms with Crippen LogP contribution in [0.25, 0.3) is 28.2 Å².